The van der Waals surface area contributed by atoms with Gasteiger partial charge >= 0.3 is 0 Å². The van der Waals surface area contributed by atoms with E-state index in [1.165, 1.54) is 0 Å². The van der Waals surface area contributed by atoms with Crippen molar-refractivity contribution in [3.63, 3.8) is 0 Å². The van der Waals surface area contributed by atoms with E-state index in [-0.39, 0.29) is 22.5 Å². The van der Waals surface area contributed by atoms with Crippen LogP contribution in [-0.2, 0) is 0 Å². The predicted molar refractivity (Wildman–Crippen MR) is 47.0 cm³/mol. The van der Waals surface area contributed by atoms with E-state index in [4.69, 9.17) is 5.73 Å². The van der Waals surface area contributed by atoms with Gasteiger partial charge in [0.05, 0.1) is 0 Å². The molecule has 1 atom stereocenters. The Labute approximate surface area is 69.9 Å². The fraction of sp³-hybridized carbons (Fsp3) is 1.00. The molecular weight excluding hydrogens is 234 g/mol. The van der Waals surface area contributed by atoms with E-state index in [2.05, 4.69) is 15.9 Å². The highest BCUT2D eigenvalue weighted by atomic mass is 79.9. The van der Waals surface area contributed by atoms with Crippen molar-refractivity contribution in [2.45, 2.75) is 31.1 Å². The molecule has 1 nitrogen and oxygen atoms in total. The maximum Gasteiger partial charge on any atom is 0.0292 e. The van der Waals surface area contributed by atoms with Crippen LogP contribution in [0, 0.1) is 0 Å². The maximum atomic E-state index is 5.63. The molecule has 0 bridgehead atoms. The van der Waals surface area contributed by atoms with Crippen LogP contribution in [0.4, 0.5) is 0 Å². The lowest BCUT2D eigenvalue weighted by atomic mass is 10.0. The maximum absolute atomic E-state index is 5.63. The van der Waals surface area contributed by atoms with E-state index >= 15 is 0 Å². The highest BCUT2D eigenvalue weighted by Gasteiger charge is 2.16. The van der Waals surface area contributed by atoms with Gasteiger partial charge in [0.1, 0.15) is 0 Å². The van der Waals surface area contributed by atoms with Crippen molar-refractivity contribution in [3.05, 3.63) is 0 Å². The first kappa shape index (κ1) is 11.7. The molecule has 0 saturated heterocycles. The summed E-state index contributed by atoms with van der Waals surface area (Å²) in [6.07, 6.45) is 0. The fourth-order valence-corrected chi connectivity index (χ4v) is 0. The van der Waals surface area contributed by atoms with Crippen LogP contribution < -0.4 is 5.73 Å². The van der Waals surface area contributed by atoms with E-state index in [0.717, 1.165) is 0 Å². The average molecular weight is 247 g/mol. The lowest BCUT2D eigenvalue weighted by molar-refractivity contribution is 0.521. The molecule has 8 heavy (non-hydrogen) atoms. The van der Waals surface area contributed by atoms with Gasteiger partial charge in [-0.25, -0.2) is 0 Å². The highest BCUT2D eigenvalue weighted by Crippen LogP contribution is 2.11. The van der Waals surface area contributed by atoms with Crippen LogP contribution in [0.2, 0.25) is 0 Å². The first-order chi connectivity index (χ1) is 2.94. The summed E-state index contributed by atoms with van der Waals surface area (Å²) in [5.41, 5.74) is 5.55. The minimum absolute atomic E-state index is 0. The summed E-state index contributed by atoms with van der Waals surface area (Å²) in [7, 11) is 0. The summed E-state index contributed by atoms with van der Waals surface area (Å²) in [5.74, 6) is 0. The molecule has 0 aliphatic heterocycles. The zero-order chi connectivity index (χ0) is 6.08. The minimum atomic E-state index is -0.0833. The van der Waals surface area contributed by atoms with Crippen LogP contribution in [0.3, 0.4) is 0 Å². The zero-order valence-corrected chi connectivity index (χ0v) is 8.74. The summed E-state index contributed by atoms with van der Waals surface area (Å²) >= 11 is 3.37. The Kier molecular flexibility index (Phi) is 5.63. The Morgan fingerprint density at radius 2 is 1.62 bits per heavy atom. The molecule has 52 valence electrons. The lowest BCUT2D eigenvalue weighted by Gasteiger charge is -2.20. The summed E-state index contributed by atoms with van der Waals surface area (Å²) in [6, 6.07) is 0. The third-order valence-corrected chi connectivity index (χ3v) is 2.21. The van der Waals surface area contributed by atoms with E-state index in [1.807, 2.05) is 20.8 Å². The lowest BCUT2D eigenvalue weighted by Crippen LogP contribution is -2.39. The van der Waals surface area contributed by atoms with Crippen molar-refractivity contribution in [2.24, 2.45) is 5.73 Å². The Bertz CT molecular complexity index is 55.9. The average Bonchev–Trinajstić information content (AvgIpc) is 1.31. The normalized spacial score (nSPS) is 14.6. The molecule has 0 radical (unpaired) electrons. The van der Waals surface area contributed by atoms with Crippen molar-refractivity contribution >= 4 is 32.9 Å². The zero-order valence-electron chi connectivity index (χ0n) is 5.44. The summed E-state index contributed by atoms with van der Waals surface area (Å²) in [4.78, 5) is 0.389. The van der Waals surface area contributed by atoms with Crippen LogP contribution in [0.1, 0.15) is 20.8 Å². The monoisotopic (exact) mass is 245 g/mol. The molecule has 0 rings (SSSR count). The van der Waals surface area contributed by atoms with Gasteiger partial charge in [0.15, 0.2) is 0 Å². The third kappa shape index (κ3) is 5.06. The van der Waals surface area contributed by atoms with Gasteiger partial charge in [-0.1, -0.05) is 22.9 Å². The summed E-state index contributed by atoms with van der Waals surface area (Å²) in [6.45, 7) is 6.03. The molecule has 0 aliphatic carbocycles. The molecule has 0 aromatic rings. The summed E-state index contributed by atoms with van der Waals surface area (Å²) in [5, 5.41) is 0. The van der Waals surface area contributed by atoms with Crippen molar-refractivity contribution in [2.75, 3.05) is 0 Å². The topological polar surface area (TPSA) is 26.0 Å². The van der Waals surface area contributed by atoms with Gasteiger partial charge in [-0.05, 0) is 13.8 Å². The van der Waals surface area contributed by atoms with Gasteiger partial charge in [0.2, 0.25) is 0 Å². The molecule has 0 saturated carbocycles. The standard InChI is InChI=1S/C5H12BrN.BrH/c1-4(6)5(2,3)7;/h4H,7H2,1-3H3;1H. The molecule has 0 heterocycles. The first-order valence-electron chi connectivity index (χ1n) is 2.37. The van der Waals surface area contributed by atoms with E-state index in [9.17, 15) is 0 Å². The second-order valence-electron chi connectivity index (χ2n) is 2.44. The van der Waals surface area contributed by atoms with Crippen LogP contribution in [-0.4, -0.2) is 10.4 Å². The van der Waals surface area contributed by atoms with Gasteiger partial charge < -0.3 is 5.73 Å². The van der Waals surface area contributed by atoms with Crippen LogP contribution >= 0.6 is 32.9 Å². The minimum Gasteiger partial charge on any atom is -0.325 e. The van der Waals surface area contributed by atoms with E-state index in [0.29, 0.717) is 4.83 Å². The number of hydrogen-bond acceptors (Lipinski definition) is 1. The Hall–Kier alpha value is 0.920. The Morgan fingerprint density at radius 3 is 1.62 bits per heavy atom. The number of rotatable bonds is 1. The Morgan fingerprint density at radius 1 is 1.50 bits per heavy atom. The molecule has 0 amide bonds. The molecule has 3 heteroatoms. The fourth-order valence-electron chi connectivity index (χ4n) is 0. The number of alkyl halides is 1. The van der Waals surface area contributed by atoms with Gasteiger partial charge in [-0.2, -0.15) is 0 Å². The second-order valence-corrected chi connectivity index (χ2v) is 3.81. The van der Waals surface area contributed by atoms with Crippen molar-refractivity contribution in [1.82, 2.24) is 0 Å². The molecule has 0 aliphatic rings. The van der Waals surface area contributed by atoms with Gasteiger partial charge in [-0.15, -0.1) is 17.0 Å². The van der Waals surface area contributed by atoms with Gasteiger partial charge in [0, 0.05) is 10.4 Å². The smallest absolute Gasteiger partial charge is 0.0292 e. The molecule has 0 aromatic carbocycles. The van der Waals surface area contributed by atoms with Crippen LogP contribution in [0.15, 0.2) is 0 Å². The molecule has 1 unspecified atom stereocenters. The molecule has 0 spiro atoms. The second kappa shape index (κ2) is 3.85. The van der Waals surface area contributed by atoms with Gasteiger partial charge in [0.25, 0.3) is 0 Å². The van der Waals surface area contributed by atoms with Crippen LogP contribution in [0.25, 0.3) is 0 Å². The Balaban J connectivity index is 0. The molecule has 0 aromatic heterocycles. The third-order valence-electron chi connectivity index (χ3n) is 1.03. The predicted octanol–water partition coefficient (Wildman–Crippen LogP) is 2.08. The SMILES string of the molecule is Br.CC(Br)C(C)(C)N. The van der Waals surface area contributed by atoms with Gasteiger partial charge in [-0.3, -0.25) is 0 Å². The molecule has 2 N–H and O–H groups in total. The van der Waals surface area contributed by atoms with Crippen molar-refractivity contribution < 1.29 is 0 Å². The summed E-state index contributed by atoms with van der Waals surface area (Å²) < 4.78 is 0. The van der Waals surface area contributed by atoms with E-state index < -0.39 is 0 Å². The van der Waals surface area contributed by atoms with Crippen molar-refractivity contribution in [1.29, 1.82) is 0 Å². The largest absolute Gasteiger partial charge is 0.325 e. The first-order valence-corrected chi connectivity index (χ1v) is 3.29. The quantitative estimate of drug-likeness (QED) is 0.705. The number of nitrogens with two attached hydrogens (primary N) is 1. The highest BCUT2D eigenvalue weighted by molar-refractivity contribution is 9.09. The number of hydrogen-bond donors (Lipinski definition) is 1. The molecular formula is C5H13Br2N. The molecule has 0 fully saturated rings. The van der Waals surface area contributed by atoms with Crippen LogP contribution in [0.5, 0.6) is 0 Å². The number of halogens is 2. The van der Waals surface area contributed by atoms with E-state index in [1.54, 1.807) is 0 Å². The van der Waals surface area contributed by atoms with Crippen molar-refractivity contribution in [3.8, 4) is 0 Å².